The molecule has 0 aliphatic rings. The van der Waals surface area contributed by atoms with Crippen LogP contribution in [-0.4, -0.2) is 17.3 Å². The van der Waals surface area contributed by atoms with Crippen molar-refractivity contribution in [3.63, 3.8) is 0 Å². The van der Waals surface area contributed by atoms with E-state index >= 15 is 0 Å². The van der Waals surface area contributed by atoms with Gasteiger partial charge in [-0.3, -0.25) is 4.79 Å². The van der Waals surface area contributed by atoms with Gasteiger partial charge in [0.2, 0.25) is 5.91 Å². The molecule has 3 unspecified atom stereocenters. The van der Waals surface area contributed by atoms with E-state index in [0.29, 0.717) is 17.3 Å². The molecule has 3 heteroatoms. The molecule has 0 spiro atoms. The fourth-order valence-corrected chi connectivity index (χ4v) is 2.26. The number of hydrogen-bond donors (Lipinski definition) is 1. The third-order valence-corrected chi connectivity index (χ3v) is 4.57. The maximum atomic E-state index is 12.4. The van der Waals surface area contributed by atoms with Crippen molar-refractivity contribution in [3.05, 3.63) is 35.9 Å². The molecule has 1 N–H and O–H groups in total. The number of nitrogens with one attached hydrogen (secondary N) is 1. The minimum atomic E-state index is -0.0530. The molecule has 0 bridgehead atoms. The second-order valence-electron chi connectivity index (χ2n) is 5.02. The van der Waals surface area contributed by atoms with Gasteiger partial charge in [0.1, 0.15) is 0 Å². The Balaban J connectivity index is 2.77. The van der Waals surface area contributed by atoms with Gasteiger partial charge in [0.05, 0.1) is 5.92 Å². The smallest absolute Gasteiger partial charge is 0.227 e. The summed E-state index contributed by atoms with van der Waals surface area (Å²) in [5.41, 5.74) is 1.11. The summed E-state index contributed by atoms with van der Waals surface area (Å²) in [7, 11) is 0. The van der Waals surface area contributed by atoms with Gasteiger partial charge in [-0.05, 0) is 17.9 Å². The highest BCUT2D eigenvalue weighted by Gasteiger charge is 2.25. The number of benzene rings is 1. The zero-order valence-corrected chi connectivity index (χ0v) is 13.6. The molecule has 0 fully saturated rings. The van der Waals surface area contributed by atoms with Crippen molar-refractivity contribution < 1.29 is 4.79 Å². The van der Waals surface area contributed by atoms with Gasteiger partial charge < -0.3 is 5.32 Å². The maximum absolute atomic E-state index is 12.4. The van der Waals surface area contributed by atoms with E-state index in [1.165, 1.54) is 0 Å². The molecule has 1 aromatic carbocycles. The average Bonchev–Trinajstić information content (AvgIpc) is 2.45. The second-order valence-corrected chi connectivity index (χ2v) is 6.32. The third kappa shape index (κ3) is 4.98. The summed E-state index contributed by atoms with van der Waals surface area (Å²) in [6, 6.07) is 10.1. The lowest BCUT2D eigenvalue weighted by molar-refractivity contribution is -0.123. The van der Waals surface area contributed by atoms with Crippen LogP contribution in [0, 0.1) is 5.92 Å². The van der Waals surface area contributed by atoms with Gasteiger partial charge in [-0.2, -0.15) is 0 Å². The minimum absolute atomic E-state index is 0.0530. The predicted octanol–water partition coefficient (Wildman–Crippen LogP) is 4.11. The zero-order valence-electron chi connectivity index (χ0n) is 12.0. The van der Waals surface area contributed by atoms with Crippen LogP contribution >= 0.6 is 15.9 Å². The van der Waals surface area contributed by atoms with Crippen molar-refractivity contribution in [2.24, 2.45) is 5.92 Å². The first-order valence-electron chi connectivity index (χ1n) is 7.06. The second kappa shape index (κ2) is 8.36. The molecule has 1 aromatic rings. The number of halogens is 1. The van der Waals surface area contributed by atoms with E-state index in [2.05, 4.69) is 42.0 Å². The number of carbonyl (C=O) groups is 1. The van der Waals surface area contributed by atoms with Gasteiger partial charge in [-0.15, -0.1) is 0 Å². The lowest BCUT2D eigenvalue weighted by Crippen LogP contribution is -2.35. The summed E-state index contributed by atoms with van der Waals surface area (Å²) < 4.78 is 0. The first kappa shape index (κ1) is 16.2. The molecule has 106 valence electrons. The Morgan fingerprint density at radius 2 is 1.84 bits per heavy atom. The Morgan fingerprint density at radius 1 is 1.21 bits per heavy atom. The van der Waals surface area contributed by atoms with E-state index in [9.17, 15) is 4.79 Å². The van der Waals surface area contributed by atoms with E-state index in [0.717, 1.165) is 18.4 Å². The summed E-state index contributed by atoms with van der Waals surface area (Å²) in [5.74, 6) is 0.430. The highest BCUT2D eigenvalue weighted by atomic mass is 79.9. The highest BCUT2D eigenvalue weighted by Crippen LogP contribution is 2.27. The van der Waals surface area contributed by atoms with Crippen molar-refractivity contribution in [2.75, 3.05) is 6.54 Å². The molecular formula is C16H24BrNO. The fraction of sp³-hybridized carbons (Fsp3) is 0.562. The van der Waals surface area contributed by atoms with Crippen LogP contribution in [0.2, 0.25) is 0 Å². The third-order valence-electron chi connectivity index (χ3n) is 3.59. The van der Waals surface area contributed by atoms with E-state index in [1.54, 1.807) is 0 Å². The summed E-state index contributed by atoms with van der Waals surface area (Å²) in [4.78, 5) is 12.8. The van der Waals surface area contributed by atoms with E-state index in [1.807, 2.05) is 30.3 Å². The van der Waals surface area contributed by atoms with E-state index in [-0.39, 0.29) is 11.8 Å². The Hall–Kier alpha value is -0.830. The Kier molecular flexibility index (Phi) is 7.14. The van der Waals surface area contributed by atoms with Crippen LogP contribution in [0.1, 0.15) is 45.1 Å². The Labute approximate surface area is 125 Å². The minimum Gasteiger partial charge on any atom is -0.354 e. The van der Waals surface area contributed by atoms with Gasteiger partial charge >= 0.3 is 0 Å². The number of hydrogen-bond acceptors (Lipinski definition) is 1. The van der Waals surface area contributed by atoms with Gasteiger partial charge in [0.25, 0.3) is 0 Å². The SMILES string of the molecule is CCC(Br)CNC(=O)C(c1ccccc1)C(C)CC. The standard InChI is InChI=1S/C16H24BrNO/c1-4-12(3)15(13-9-7-6-8-10-13)16(19)18-11-14(17)5-2/h6-10,12,14-15H,4-5,11H2,1-3H3,(H,18,19). The molecule has 0 saturated carbocycles. The lowest BCUT2D eigenvalue weighted by atomic mass is 9.85. The fourth-order valence-electron chi connectivity index (χ4n) is 2.10. The van der Waals surface area contributed by atoms with Gasteiger partial charge in [-0.25, -0.2) is 0 Å². The van der Waals surface area contributed by atoms with Crippen molar-refractivity contribution in [1.29, 1.82) is 0 Å². The lowest BCUT2D eigenvalue weighted by Gasteiger charge is -2.23. The monoisotopic (exact) mass is 325 g/mol. The molecule has 19 heavy (non-hydrogen) atoms. The molecule has 2 nitrogen and oxygen atoms in total. The van der Waals surface area contributed by atoms with Crippen LogP contribution in [0.15, 0.2) is 30.3 Å². The van der Waals surface area contributed by atoms with Gasteiger partial charge in [0, 0.05) is 11.4 Å². The number of rotatable bonds is 7. The molecule has 0 aliphatic heterocycles. The van der Waals surface area contributed by atoms with Crippen molar-refractivity contribution in [2.45, 2.75) is 44.4 Å². The van der Waals surface area contributed by atoms with E-state index < -0.39 is 0 Å². The first-order valence-corrected chi connectivity index (χ1v) is 7.98. The topological polar surface area (TPSA) is 29.1 Å². The quantitative estimate of drug-likeness (QED) is 0.751. The maximum Gasteiger partial charge on any atom is 0.227 e. The van der Waals surface area contributed by atoms with Crippen LogP contribution in [0.4, 0.5) is 0 Å². The average molecular weight is 326 g/mol. The first-order chi connectivity index (χ1) is 9.10. The van der Waals surface area contributed by atoms with E-state index in [4.69, 9.17) is 0 Å². The molecule has 1 rings (SSSR count). The van der Waals surface area contributed by atoms with Crippen LogP contribution in [0.25, 0.3) is 0 Å². The number of amides is 1. The van der Waals surface area contributed by atoms with Crippen LogP contribution in [0.3, 0.4) is 0 Å². The molecule has 3 atom stereocenters. The van der Waals surface area contributed by atoms with Crippen molar-refractivity contribution in [3.8, 4) is 0 Å². The Bertz CT molecular complexity index is 380. The molecular weight excluding hydrogens is 302 g/mol. The molecule has 0 aromatic heterocycles. The molecule has 0 saturated heterocycles. The normalized spacial score (nSPS) is 15.6. The summed E-state index contributed by atoms with van der Waals surface area (Å²) in [6.45, 7) is 7.07. The van der Waals surface area contributed by atoms with Crippen LogP contribution < -0.4 is 5.32 Å². The molecule has 1 amide bonds. The van der Waals surface area contributed by atoms with Crippen LogP contribution in [0.5, 0.6) is 0 Å². The summed E-state index contributed by atoms with van der Waals surface area (Å²) >= 11 is 3.55. The highest BCUT2D eigenvalue weighted by molar-refractivity contribution is 9.09. The van der Waals surface area contributed by atoms with Gasteiger partial charge in [-0.1, -0.05) is 73.5 Å². The zero-order chi connectivity index (χ0) is 14.3. The molecule has 0 radical (unpaired) electrons. The largest absolute Gasteiger partial charge is 0.354 e. The van der Waals surface area contributed by atoms with Crippen LogP contribution in [-0.2, 0) is 4.79 Å². The Morgan fingerprint density at radius 3 is 2.37 bits per heavy atom. The molecule has 0 heterocycles. The molecule has 0 aliphatic carbocycles. The number of alkyl halides is 1. The number of carbonyl (C=O) groups excluding carboxylic acids is 1. The summed E-state index contributed by atoms with van der Waals surface area (Å²) in [5, 5.41) is 3.06. The van der Waals surface area contributed by atoms with Crippen molar-refractivity contribution >= 4 is 21.8 Å². The summed E-state index contributed by atoms with van der Waals surface area (Å²) in [6.07, 6.45) is 2.01. The van der Waals surface area contributed by atoms with Gasteiger partial charge in [0.15, 0.2) is 0 Å². The predicted molar refractivity (Wildman–Crippen MR) is 84.7 cm³/mol. The van der Waals surface area contributed by atoms with Crippen molar-refractivity contribution in [1.82, 2.24) is 5.32 Å².